The molecule has 1 aliphatic heterocycles. The van der Waals surface area contributed by atoms with Gasteiger partial charge in [0.15, 0.2) is 0 Å². The number of carbonyl (C=O) groups is 1. The highest BCUT2D eigenvalue weighted by Crippen LogP contribution is 2.47. The smallest absolute Gasteiger partial charge is 0.241 e. The number of amides is 1. The summed E-state index contributed by atoms with van der Waals surface area (Å²) in [6.07, 6.45) is 0.523. The largest absolute Gasteiger partial charge is 0.303 e. The number of nitrogens with zero attached hydrogens (tertiary/aromatic N) is 1. The Morgan fingerprint density at radius 1 is 1.72 bits per heavy atom. The maximum atomic E-state index is 12.2. The van der Waals surface area contributed by atoms with Gasteiger partial charge in [0.2, 0.25) is 5.91 Å². The van der Waals surface area contributed by atoms with Crippen molar-refractivity contribution in [3.8, 4) is 0 Å². The number of likely N-dealkylation sites (tertiary alicyclic amines) is 1. The van der Waals surface area contributed by atoms with Gasteiger partial charge in [0, 0.05) is 33.6 Å². The Labute approximate surface area is 137 Å². The van der Waals surface area contributed by atoms with Crippen LogP contribution in [0.4, 0.5) is 0 Å². The molecule has 0 unspecified atom stereocenters. The number of thiophene rings is 1. The van der Waals surface area contributed by atoms with Gasteiger partial charge in [-0.3, -0.25) is 10.2 Å². The second-order valence-corrected chi connectivity index (χ2v) is 7.89. The number of hydrogen-bond donors (Lipinski definition) is 1. The molecule has 2 heterocycles. The van der Waals surface area contributed by atoms with Crippen LogP contribution in [0.25, 0.3) is 0 Å². The van der Waals surface area contributed by atoms with E-state index in [4.69, 9.17) is 17.0 Å². The highest BCUT2D eigenvalue weighted by molar-refractivity contribution is 14.1. The molecule has 1 amide bonds. The van der Waals surface area contributed by atoms with Gasteiger partial charge in [0.25, 0.3) is 0 Å². The summed E-state index contributed by atoms with van der Waals surface area (Å²) in [5.74, 6) is 0.311. The third-order valence-electron chi connectivity index (χ3n) is 3.25. The van der Waals surface area contributed by atoms with E-state index >= 15 is 0 Å². The zero-order chi connectivity index (χ0) is 13.7. The molecule has 1 fully saturated rings. The van der Waals surface area contributed by atoms with Crippen molar-refractivity contribution in [2.24, 2.45) is 0 Å². The van der Waals surface area contributed by atoms with Crippen LogP contribution < -0.4 is 0 Å². The van der Waals surface area contributed by atoms with Crippen LogP contribution in [0.2, 0.25) is 5.02 Å². The topological polar surface area (TPSA) is 44.2 Å². The first-order valence-electron chi connectivity index (χ1n) is 5.21. The maximum Gasteiger partial charge on any atom is 0.241 e. The standard InChI is InChI=1S/C11H11BrClIN2OS/c1-11(9-7(13)5(12)4-18-9)3-6(15)16(2)10(17)8(11)14/h4,8,15H,3H2,1-2H3/t8-,11-/m0/s1. The van der Waals surface area contributed by atoms with Crippen molar-refractivity contribution in [3.63, 3.8) is 0 Å². The van der Waals surface area contributed by atoms with Gasteiger partial charge in [-0.1, -0.05) is 41.1 Å². The summed E-state index contributed by atoms with van der Waals surface area (Å²) in [6.45, 7) is 2.01. The van der Waals surface area contributed by atoms with Crippen LogP contribution >= 0.6 is 61.5 Å². The molecule has 0 aromatic carbocycles. The van der Waals surface area contributed by atoms with Crippen LogP contribution in [0.1, 0.15) is 18.2 Å². The van der Waals surface area contributed by atoms with E-state index in [1.54, 1.807) is 7.05 Å². The summed E-state index contributed by atoms with van der Waals surface area (Å²) in [4.78, 5) is 14.6. The summed E-state index contributed by atoms with van der Waals surface area (Å²) in [5, 5.41) is 10.5. The molecule has 1 aliphatic rings. The fourth-order valence-electron chi connectivity index (χ4n) is 2.03. The zero-order valence-corrected chi connectivity index (χ0v) is 15.1. The van der Waals surface area contributed by atoms with Gasteiger partial charge in [-0.05, 0) is 15.9 Å². The van der Waals surface area contributed by atoms with Crippen LogP contribution in [-0.2, 0) is 10.2 Å². The van der Waals surface area contributed by atoms with Gasteiger partial charge in [0.05, 0.1) is 5.02 Å². The molecule has 0 bridgehead atoms. The maximum absolute atomic E-state index is 12.2. The predicted molar refractivity (Wildman–Crippen MR) is 87.3 cm³/mol. The normalized spacial score (nSPS) is 28.9. The van der Waals surface area contributed by atoms with Crippen molar-refractivity contribution in [1.29, 1.82) is 5.41 Å². The van der Waals surface area contributed by atoms with Crippen molar-refractivity contribution in [1.82, 2.24) is 4.90 Å². The van der Waals surface area contributed by atoms with E-state index in [2.05, 4.69) is 38.5 Å². The lowest BCUT2D eigenvalue weighted by Gasteiger charge is -2.41. The Morgan fingerprint density at radius 2 is 2.33 bits per heavy atom. The number of hydrogen-bond acceptors (Lipinski definition) is 3. The van der Waals surface area contributed by atoms with Crippen LogP contribution in [-0.4, -0.2) is 27.6 Å². The minimum Gasteiger partial charge on any atom is -0.303 e. The third kappa shape index (κ3) is 2.14. The Morgan fingerprint density at radius 3 is 2.83 bits per heavy atom. The minimum absolute atomic E-state index is 0.0325. The van der Waals surface area contributed by atoms with Crippen molar-refractivity contribution in [2.45, 2.75) is 22.7 Å². The van der Waals surface area contributed by atoms with E-state index in [1.807, 2.05) is 12.3 Å². The van der Waals surface area contributed by atoms with E-state index in [-0.39, 0.29) is 9.83 Å². The number of halogens is 3. The van der Waals surface area contributed by atoms with Crippen LogP contribution in [0, 0.1) is 5.41 Å². The molecular formula is C11H11BrClIN2OS. The average Bonchev–Trinajstić information content (AvgIpc) is 2.65. The van der Waals surface area contributed by atoms with Crippen LogP contribution in [0.5, 0.6) is 0 Å². The molecule has 7 heteroatoms. The number of amidine groups is 1. The number of nitrogens with one attached hydrogen (secondary N) is 1. The Kier molecular flexibility index (Phi) is 4.12. The lowest BCUT2D eigenvalue weighted by atomic mass is 9.78. The molecule has 1 saturated heterocycles. The third-order valence-corrected chi connectivity index (χ3v) is 8.08. The van der Waals surface area contributed by atoms with E-state index in [1.165, 1.54) is 16.2 Å². The molecule has 2 rings (SSSR count). The molecule has 98 valence electrons. The molecule has 0 spiro atoms. The van der Waals surface area contributed by atoms with Gasteiger partial charge < -0.3 is 4.90 Å². The van der Waals surface area contributed by atoms with Gasteiger partial charge >= 0.3 is 0 Å². The van der Waals surface area contributed by atoms with Gasteiger partial charge in [0.1, 0.15) is 9.76 Å². The van der Waals surface area contributed by atoms with E-state index in [9.17, 15) is 4.79 Å². The Balaban J connectivity index is 2.50. The van der Waals surface area contributed by atoms with Crippen molar-refractivity contribution < 1.29 is 4.79 Å². The number of alkyl halides is 1. The summed E-state index contributed by atoms with van der Waals surface area (Å²) in [6, 6.07) is 0. The summed E-state index contributed by atoms with van der Waals surface area (Å²) in [7, 11) is 1.65. The molecule has 1 N–H and O–H groups in total. The van der Waals surface area contributed by atoms with Gasteiger partial charge in [-0.25, -0.2) is 0 Å². The van der Waals surface area contributed by atoms with Crippen molar-refractivity contribution in [3.05, 3.63) is 19.8 Å². The van der Waals surface area contributed by atoms with Crippen LogP contribution in [0.15, 0.2) is 9.85 Å². The first-order chi connectivity index (χ1) is 8.29. The van der Waals surface area contributed by atoms with E-state index in [0.717, 1.165) is 9.35 Å². The molecule has 3 nitrogen and oxygen atoms in total. The van der Waals surface area contributed by atoms with E-state index < -0.39 is 5.41 Å². The van der Waals surface area contributed by atoms with Gasteiger partial charge in [-0.15, -0.1) is 11.3 Å². The molecule has 1 aromatic rings. The molecule has 2 atom stereocenters. The molecule has 18 heavy (non-hydrogen) atoms. The highest BCUT2D eigenvalue weighted by atomic mass is 127. The number of carbonyl (C=O) groups excluding carboxylic acids is 1. The predicted octanol–water partition coefficient (Wildman–Crippen LogP) is 4.06. The fourth-order valence-corrected chi connectivity index (χ4v) is 5.29. The molecular weight excluding hydrogens is 450 g/mol. The first kappa shape index (κ1) is 14.7. The average molecular weight is 462 g/mol. The summed E-state index contributed by atoms with van der Waals surface area (Å²) < 4.78 is 0.643. The van der Waals surface area contributed by atoms with E-state index in [0.29, 0.717) is 17.3 Å². The quantitative estimate of drug-likeness (QED) is 0.498. The summed E-state index contributed by atoms with van der Waals surface area (Å²) >= 11 is 13.4. The Bertz CT molecular complexity index is 535. The molecule has 0 saturated carbocycles. The Hall–Kier alpha value is 0.340. The zero-order valence-electron chi connectivity index (χ0n) is 9.76. The molecule has 0 aliphatic carbocycles. The van der Waals surface area contributed by atoms with Gasteiger partial charge in [-0.2, -0.15) is 0 Å². The molecule has 1 aromatic heterocycles. The highest BCUT2D eigenvalue weighted by Gasteiger charge is 2.48. The first-order valence-corrected chi connectivity index (χ1v) is 8.50. The molecule has 0 radical (unpaired) electrons. The summed E-state index contributed by atoms with van der Waals surface area (Å²) in [5.41, 5.74) is -0.408. The number of piperidine rings is 1. The van der Waals surface area contributed by atoms with Crippen LogP contribution in [0.3, 0.4) is 0 Å². The second kappa shape index (κ2) is 5.03. The lowest BCUT2D eigenvalue weighted by Crippen LogP contribution is -2.54. The fraction of sp³-hybridized carbons (Fsp3) is 0.455. The monoisotopic (exact) mass is 460 g/mol. The second-order valence-electron chi connectivity index (χ2n) is 4.53. The number of rotatable bonds is 1. The van der Waals surface area contributed by atoms with Crippen molar-refractivity contribution >= 4 is 73.2 Å². The SMILES string of the molecule is CN1C(=N)C[C@](C)(c2scc(Br)c2Cl)[C@@H](I)C1=O. The van der Waals surface area contributed by atoms with Crippen molar-refractivity contribution in [2.75, 3.05) is 7.05 Å². The minimum atomic E-state index is -0.408. The lowest BCUT2D eigenvalue weighted by molar-refractivity contribution is -0.127.